The molecule has 7 heteroatoms. The van der Waals surface area contributed by atoms with Gasteiger partial charge in [-0.15, -0.1) is 0 Å². The van der Waals surface area contributed by atoms with Gasteiger partial charge in [0, 0.05) is 24.2 Å². The Bertz CT molecular complexity index is 724. The van der Waals surface area contributed by atoms with Gasteiger partial charge in [0.1, 0.15) is 0 Å². The van der Waals surface area contributed by atoms with Gasteiger partial charge in [0.05, 0.1) is 34.6 Å². The third-order valence-electron chi connectivity index (χ3n) is 2.84. The molecule has 0 saturated carbocycles. The molecule has 0 spiro atoms. The standard InChI is InChI=1S/C13H22N4O2S/c1-13(2,3)12-11(15-9-16-12)7-10-8-17(6-5-14-10)20(4,18)19/h7,9,14H,5-6,8H2,1-4H3,(H,15,16)/b10-7-/i5D,7D,8D. The number of piperazine rings is 1. The van der Waals surface area contributed by atoms with E-state index in [1.54, 1.807) is 0 Å². The Kier molecular flexibility index (Phi) is 2.95. The summed E-state index contributed by atoms with van der Waals surface area (Å²) in [6, 6.07) is -0.0435. The molecule has 0 aromatic carbocycles. The van der Waals surface area contributed by atoms with Gasteiger partial charge in [-0.25, -0.2) is 13.4 Å². The molecule has 112 valence electrons. The fraction of sp³-hybridized carbons (Fsp3) is 0.615. The molecule has 1 aliphatic heterocycles. The van der Waals surface area contributed by atoms with Gasteiger partial charge >= 0.3 is 0 Å². The van der Waals surface area contributed by atoms with E-state index in [9.17, 15) is 8.42 Å². The molecule has 1 aromatic heterocycles. The molecule has 0 radical (unpaired) electrons. The molecule has 2 heterocycles. The first-order chi connectivity index (χ1) is 10.4. The van der Waals surface area contributed by atoms with E-state index in [0.29, 0.717) is 11.4 Å². The quantitative estimate of drug-likeness (QED) is 0.851. The van der Waals surface area contributed by atoms with Crippen LogP contribution in [0.2, 0.25) is 0 Å². The largest absolute Gasteiger partial charge is 0.386 e. The highest BCUT2D eigenvalue weighted by Crippen LogP contribution is 2.24. The van der Waals surface area contributed by atoms with Crippen LogP contribution in [0.3, 0.4) is 0 Å². The monoisotopic (exact) mass is 301 g/mol. The smallest absolute Gasteiger partial charge is 0.211 e. The van der Waals surface area contributed by atoms with E-state index >= 15 is 0 Å². The molecule has 2 unspecified atom stereocenters. The summed E-state index contributed by atoms with van der Waals surface area (Å²) < 4.78 is 49.0. The fourth-order valence-corrected chi connectivity index (χ4v) is 2.51. The zero-order valence-electron chi connectivity index (χ0n) is 15.1. The van der Waals surface area contributed by atoms with Crippen molar-refractivity contribution in [2.45, 2.75) is 26.2 Å². The lowest BCUT2D eigenvalue weighted by molar-refractivity contribution is 0.399. The van der Waals surface area contributed by atoms with Crippen LogP contribution >= 0.6 is 0 Å². The Morgan fingerprint density at radius 2 is 2.25 bits per heavy atom. The van der Waals surface area contributed by atoms with Crippen LogP contribution < -0.4 is 5.32 Å². The summed E-state index contributed by atoms with van der Waals surface area (Å²) >= 11 is 0. The van der Waals surface area contributed by atoms with E-state index in [0.717, 1.165) is 10.6 Å². The fourth-order valence-electron chi connectivity index (χ4n) is 1.87. The number of rotatable bonds is 2. The molecule has 2 atom stereocenters. The van der Waals surface area contributed by atoms with E-state index in [1.165, 1.54) is 6.33 Å². The predicted molar refractivity (Wildman–Crippen MR) is 79.7 cm³/mol. The molecule has 6 nitrogen and oxygen atoms in total. The summed E-state index contributed by atoms with van der Waals surface area (Å²) in [4.78, 5) is 7.13. The van der Waals surface area contributed by atoms with E-state index in [2.05, 4.69) is 15.3 Å². The molecular weight excluding hydrogens is 276 g/mol. The van der Waals surface area contributed by atoms with Gasteiger partial charge in [0.25, 0.3) is 0 Å². The second kappa shape index (κ2) is 5.21. The predicted octanol–water partition coefficient (Wildman–Crippen LogP) is 0.913. The molecule has 1 aromatic rings. The summed E-state index contributed by atoms with van der Waals surface area (Å²) in [7, 11) is -3.64. The molecule has 1 aliphatic rings. The lowest BCUT2D eigenvalue weighted by Gasteiger charge is -2.28. The Hall–Kier alpha value is -1.34. The molecule has 0 amide bonds. The average molecular weight is 301 g/mol. The minimum Gasteiger partial charge on any atom is -0.386 e. The van der Waals surface area contributed by atoms with Crippen LogP contribution in [-0.4, -0.2) is 48.5 Å². The van der Waals surface area contributed by atoms with E-state index in [-0.39, 0.29) is 23.7 Å². The Morgan fingerprint density at radius 1 is 1.55 bits per heavy atom. The lowest BCUT2D eigenvalue weighted by Crippen LogP contribution is -2.44. The second-order valence-electron chi connectivity index (χ2n) is 5.73. The van der Waals surface area contributed by atoms with Crippen molar-refractivity contribution in [2.75, 3.05) is 25.8 Å². The summed E-state index contributed by atoms with van der Waals surface area (Å²) in [5.41, 5.74) is 0.851. The van der Waals surface area contributed by atoms with Crippen LogP contribution in [0.5, 0.6) is 0 Å². The van der Waals surface area contributed by atoms with Crippen LogP contribution in [0, 0.1) is 0 Å². The summed E-state index contributed by atoms with van der Waals surface area (Å²) in [5.74, 6) is 0. The van der Waals surface area contributed by atoms with Gasteiger partial charge in [-0.2, -0.15) is 4.31 Å². The molecule has 20 heavy (non-hydrogen) atoms. The summed E-state index contributed by atoms with van der Waals surface area (Å²) in [6.07, 6.45) is 2.48. The van der Waals surface area contributed by atoms with Crippen LogP contribution in [0.4, 0.5) is 0 Å². The molecule has 2 N–H and O–H groups in total. The number of H-pyrrole nitrogens is 1. The zero-order chi connectivity index (χ0) is 17.6. The first-order valence-corrected chi connectivity index (χ1v) is 8.10. The van der Waals surface area contributed by atoms with E-state index < -0.39 is 23.1 Å². The number of nitrogens with one attached hydrogen (secondary N) is 2. The number of aromatic amines is 1. The molecule has 0 bridgehead atoms. The van der Waals surface area contributed by atoms with Crippen molar-refractivity contribution in [1.82, 2.24) is 19.6 Å². The average Bonchev–Trinajstić information content (AvgIpc) is 2.88. The molecule has 1 saturated heterocycles. The van der Waals surface area contributed by atoms with Crippen molar-refractivity contribution >= 4 is 16.1 Å². The van der Waals surface area contributed by atoms with Crippen LogP contribution in [-0.2, 0) is 15.4 Å². The Morgan fingerprint density at radius 3 is 2.85 bits per heavy atom. The highest BCUT2D eigenvalue weighted by Gasteiger charge is 2.23. The Balaban J connectivity index is 2.53. The van der Waals surface area contributed by atoms with Crippen molar-refractivity contribution in [2.24, 2.45) is 0 Å². The SMILES string of the molecule is [2H]/C(=C1/NC([2H])CN(S(C)(=O)=O)C1[2H])c1[nH]cnc1C(C)(C)C. The van der Waals surface area contributed by atoms with Crippen molar-refractivity contribution in [1.29, 1.82) is 0 Å². The molecule has 1 fully saturated rings. The molecule has 0 aliphatic carbocycles. The number of nitrogens with zero attached hydrogens (tertiary/aromatic N) is 2. The third kappa shape index (κ3) is 3.40. The topological polar surface area (TPSA) is 78.1 Å². The maximum Gasteiger partial charge on any atom is 0.211 e. The first kappa shape index (κ1) is 11.3. The van der Waals surface area contributed by atoms with Gasteiger partial charge < -0.3 is 10.3 Å². The highest BCUT2D eigenvalue weighted by atomic mass is 32.2. The van der Waals surface area contributed by atoms with Crippen molar-refractivity contribution in [3.8, 4) is 0 Å². The Labute approximate surface area is 124 Å². The van der Waals surface area contributed by atoms with Gasteiger partial charge in [0.15, 0.2) is 0 Å². The number of imidazole rings is 1. The van der Waals surface area contributed by atoms with Crippen molar-refractivity contribution in [3.63, 3.8) is 0 Å². The normalized spacial score (nSPS) is 30.1. The summed E-state index contributed by atoms with van der Waals surface area (Å²) in [5, 5.41) is 2.75. The highest BCUT2D eigenvalue weighted by molar-refractivity contribution is 7.88. The minimum atomic E-state index is -3.64. The van der Waals surface area contributed by atoms with Crippen LogP contribution in [0.1, 0.15) is 36.3 Å². The van der Waals surface area contributed by atoms with Gasteiger partial charge in [-0.1, -0.05) is 20.8 Å². The first-order valence-electron chi connectivity index (χ1n) is 7.91. The van der Waals surface area contributed by atoms with Gasteiger partial charge in [0.2, 0.25) is 10.0 Å². The van der Waals surface area contributed by atoms with E-state index in [1.807, 2.05) is 20.8 Å². The zero-order valence-corrected chi connectivity index (χ0v) is 12.9. The van der Waals surface area contributed by atoms with Gasteiger partial charge in [-0.05, 0) is 6.05 Å². The van der Waals surface area contributed by atoms with Gasteiger partial charge in [-0.3, -0.25) is 0 Å². The van der Waals surface area contributed by atoms with E-state index in [4.69, 9.17) is 4.11 Å². The lowest BCUT2D eigenvalue weighted by atomic mass is 9.90. The number of hydrogen-bond donors (Lipinski definition) is 2. The van der Waals surface area contributed by atoms with Crippen LogP contribution in [0.15, 0.2) is 12.0 Å². The maximum atomic E-state index is 11.8. The molecular formula is C13H22N4O2S. The summed E-state index contributed by atoms with van der Waals surface area (Å²) in [6.45, 7) is 3.52. The van der Waals surface area contributed by atoms with Crippen molar-refractivity contribution in [3.05, 3.63) is 23.4 Å². The minimum absolute atomic E-state index is 0.0435. The van der Waals surface area contributed by atoms with Crippen molar-refractivity contribution < 1.29 is 12.5 Å². The number of hydrogen-bond acceptors (Lipinski definition) is 4. The maximum absolute atomic E-state index is 11.8. The second-order valence-corrected chi connectivity index (χ2v) is 7.66. The van der Waals surface area contributed by atoms with Crippen LogP contribution in [0.25, 0.3) is 6.05 Å². The number of aromatic nitrogens is 2. The third-order valence-corrected chi connectivity index (χ3v) is 3.94. The number of sulfonamides is 1. The molecule has 2 rings (SSSR count).